The molecule has 1 unspecified atom stereocenters. The van der Waals surface area contributed by atoms with Gasteiger partial charge in [-0.05, 0) is 6.42 Å². The summed E-state index contributed by atoms with van der Waals surface area (Å²) in [5.41, 5.74) is 0. The second-order valence-electron chi connectivity index (χ2n) is 6.79. The number of aliphatic hydroxyl groups is 4. The highest BCUT2D eigenvalue weighted by molar-refractivity contribution is 4.88. The van der Waals surface area contributed by atoms with Crippen LogP contribution in [0.2, 0.25) is 0 Å². The summed E-state index contributed by atoms with van der Waals surface area (Å²) in [7, 11) is 0. The van der Waals surface area contributed by atoms with Gasteiger partial charge < -0.3 is 29.9 Å². The van der Waals surface area contributed by atoms with Crippen LogP contribution in [0.15, 0.2) is 0 Å². The molecule has 0 aliphatic carbocycles. The van der Waals surface area contributed by atoms with Crippen LogP contribution < -0.4 is 0 Å². The van der Waals surface area contributed by atoms with E-state index in [0.29, 0.717) is 6.61 Å². The van der Waals surface area contributed by atoms with E-state index in [4.69, 9.17) is 9.47 Å². The Hall–Kier alpha value is -0.240. The van der Waals surface area contributed by atoms with E-state index in [-0.39, 0.29) is 6.61 Å². The molecule has 24 heavy (non-hydrogen) atoms. The van der Waals surface area contributed by atoms with E-state index in [1.54, 1.807) is 0 Å². The van der Waals surface area contributed by atoms with E-state index in [1.807, 2.05) is 0 Å². The molecule has 4 N–H and O–H groups in total. The normalized spacial score (nSPS) is 30.6. The van der Waals surface area contributed by atoms with Crippen molar-refractivity contribution in [2.75, 3.05) is 13.2 Å². The van der Waals surface area contributed by atoms with Crippen molar-refractivity contribution >= 4 is 0 Å². The van der Waals surface area contributed by atoms with Crippen molar-refractivity contribution < 1.29 is 29.9 Å². The van der Waals surface area contributed by atoms with Gasteiger partial charge in [-0.25, -0.2) is 0 Å². The van der Waals surface area contributed by atoms with Gasteiger partial charge in [-0.1, -0.05) is 64.7 Å². The Kier molecular flexibility index (Phi) is 11.8. The maximum Gasteiger partial charge on any atom is 0.184 e. The third kappa shape index (κ3) is 8.23. The molecule has 0 bridgehead atoms. The lowest BCUT2D eigenvalue weighted by Gasteiger charge is -2.38. The molecule has 1 rings (SSSR count). The van der Waals surface area contributed by atoms with Gasteiger partial charge in [0.1, 0.15) is 24.4 Å². The molecule has 144 valence electrons. The van der Waals surface area contributed by atoms with Crippen LogP contribution in [-0.4, -0.2) is 64.3 Å². The third-order valence-corrected chi connectivity index (χ3v) is 4.61. The first-order chi connectivity index (χ1) is 11.6. The van der Waals surface area contributed by atoms with Gasteiger partial charge in [0, 0.05) is 6.61 Å². The molecule has 0 aromatic heterocycles. The number of aliphatic hydroxyl groups excluding tert-OH is 4. The fourth-order valence-electron chi connectivity index (χ4n) is 2.96. The van der Waals surface area contributed by atoms with Crippen LogP contribution in [0.5, 0.6) is 0 Å². The SMILES string of the molecule is CCCCCCCCCCCCOC[C@H]1OC(O)[C@H](O)[C@@H](O)[C@@H]1O. The quantitative estimate of drug-likeness (QED) is 0.378. The van der Waals surface area contributed by atoms with Gasteiger partial charge in [0.25, 0.3) is 0 Å². The number of rotatable bonds is 13. The molecule has 0 spiro atoms. The average Bonchev–Trinajstić information content (AvgIpc) is 2.58. The van der Waals surface area contributed by atoms with E-state index in [9.17, 15) is 20.4 Å². The lowest BCUT2D eigenvalue weighted by Crippen LogP contribution is -2.58. The number of hydrogen-bond donors (Lipinski definition) is 4. The molecule has 1 aliphatic heterocycles. The molecule has 1 fully saturated rings. The van der Waals surface area contributed by atoms with Crippen LogP contribution >= 0.6 is 0 Å². The van der Waals surface area contributed by atoms with Crippen LogP contribution in [-0.2, 0) is 9.47 Å². The predicted octanol–water partition coefficient (Wildman–Crippen LogP) is 1.72. The third-order valence-electron chi connectivity index (χ3n) is 4.61. The van der Waals surface area contributed by atoms with Crippen LogP contribution in [0.4, 0.5) is 0 Å². The molecule has 0 radical (unpaired) electrons. The van der Waals surface area contributed by atoms with Crippen molar-refractivity contribution in [2.24, 2.45) is 0 Å². The fourth-order valence-corrected chi connectivity index (χ4v) is 2.96. The topological polar surface area (TPSA) is 99.4 Å². The zero-order valence-electron chi connectivity index (χ0n) is 15.0. The maximum absolute atomic E-state index is 9.78. The number of hydrogen-bond acceptors (Lipinski definition) is 6. The second-order valence-corrected chi connectivity index (χ2v) is 6.79. The molecular formula is C18H36O6. The highest BCUT2D eigenvalue weighted by Gasteiger charge is 2.42. The summed E-state index contributed by atoms with van der Waals surface area (Å²) in [5.74, 6) is 0. The van der Waals surface area contributed by atoms with Crippen LogP contribution in [0.1, 0.15) is 71.1 Å². The van der Waals surface area contributed by atoms with Crippen LogP contribution in [0.25, 0.3) is 0 Å². The monoisotopic (exact) mass is 348 g/mol. The smallest absolute Gasteiger partial charge is 0.184 e. The van der Waals surface area contributed by atoms with Crippen molar-refractivity contribution in [3.05, 3.63) is 0 Å². The molecule has 0 aromatic carbocycles. The van der Waals surface area contributed by atoms with Gasteiger partial charge in [0.2, 0.25) is 0 Å². The summed E-state index contributed by atoms with van der Waals surface area (Å²) < 4.78 is 10.5. The van der Waals surface area contributed by atoms with E-state index >= 15 is 0 Å². The minimum atomic E-state index is -1.49. The largest absolute Gasteiger partial charge is 0.387 e. The van der Waals surface area contributed by atoms with E-state index in [1.165, 1.54) is 51.4 Å². The lowest BCUT2D eigenvalue weighted by molar-refractivity contribution is -0.288. The second kappa shape index (κ2) is 13.0. The molecule has 1 heterocycles. The van der Waals surface area contributed by atoms with Gasteiger partial charge in [-0.15, -0.1) is 0 Å². The zero-order valence-corrected chi connectivity index (χ0v) is 15.0. The number of ether oxygens (including phenoxy) is 2. The summed E-state index contributed by atoms with van der Waals surface area (Å²) in [5, 5.41) is 38.2. The van der Waals surface area contributed by atoms with Crippen LogP contribution in [0, 0.1) is 0 Å². The average molecular weight is 348 g/mol. The summed E-state index contributed by atoms with van der Waals surface area (Å²) in [6.45, 7) is 2.90. The zero-order chi connectivity index (χ0) is 17.8. The van der Waals surface area contributed by atoms with E-state index in [2.05, 4.69) is 6.92 Å². The van der Waals surface area contributed by atoms with Gasteiger partial charge in [0.05, 0.1) is 6.61 Å². The minimum absolute atomic E-state index is 0.0967. The molecule has 5 atom stereocenters. The Balaban J connectivity index is 1.93. The van der Waals surface area contributed by atoms with Crippen molar-refractivity contribution in [2.45, 2.75) is 102 Å². The van der Waals surface area contributed by atoms with Gasteiger partial charge >= 0.3 is 0 Å². The van der Waals surface area contributed by atoms with Gasteiger partial charge in [-0.2, -0.15) is 0 Å². The molecule has 0 aromatic rings. The molecular weight excluding hydrogens is 312 g/mol. The van der Waals surface area contributed by atoms with E-state index in [0.717, 1.165) is 12.8 Å². The van der Waals surface area contributed by atoms with Crippen LogP contribution in [0.3, 0.4) is 0 Å². The first-order valence-corrected chi connectivity index (χ1v) is 9.53. The highest BCUT2D eigenvalue weighted by atomic mass is 16.6. The predicted molar refractivity (Wildman–Crippen MR) is 91.6 cm³/mol. The minimum Gasteiger partial charge on any atom is -0.387 e. The summed E-state index contributed by atoms with van der Waals surface area (Å²) in [6.07, 6.45) is 6.09. The van der Waals surface area contributed by atoms with Crippen molar-refractivity contribution in [3.8, 4) is 0 Å². The first-order valence-electron chi connectivity index (χ1n) is 9.53. The summed E-state index contributed by atoms with van der Waals surface area (Å²) >= 11 is 0. The Labute approximate surface area is 145 Å². The first kappa shape index (κ1) is 21.8. The lowest BCUT2D eigenvalue weighted by atomic mass is 9.99. The van der Waals surface area contributed by atoms with Crippen molar-refractivity contribution in [1.82, 2.24) is 0 Å². The van der Waals surface area contributed by atoms with E-state index < -0.39 is 30.7 Å². The highest BCUT2D eigenvalue weighted by Crippen LogP contribution is 2.20. The Morgan fingerprint density at radius 2 is 1.25 bits per heavy atom. The fraction of sp³-hybridized carbons (Fsp3) is 1.00. The van der Waals surface area contributed by atoms with Crippen molar-refractivity contribution in [1.29, 1.82) is 0 Å². The molecule has 0 saturated carbocycles. The molecule has 6 nitrogen and oxygen atoms in total. The Morgan fingerprint density at radius 1 is 0.708 bits per heavy atom. The molecule has 1 aliphatic rings. The number of unbranched alkanes of at least 4 members (excludes halogenated alkanes) is 9. The molecule has 0 amide bonds. The standard InChI is InChI=1S/C18H36O6/c1-2-3-4-5-6-7-8-9-10-11-12-23-13-14-15(19)16(20)17(21)18(22)24-14/h14-22H,2-13H2,1H3/t14-,15-,16+,17-,18?/m1/s1. The Bertz CT molecular complexity index is 301. The maximum atomic E-state index is 9.78. The van der Waals surface area contributed by atoms with Gasteiger partial charge in [-0.3, -0.25) is 0 Å². The summed E-state index contributed by atoms with van der Waals surface area (Å²) in [6, 6.07) is 0. The van der Waals surface area contributed by atoms with Gasteiger partial charge in [0.15, 0.2) is 6.29 Å². The van der Waals surface area contributed by atoms with Crippen molar-refractivity contribution in [3.63, 3.8) is 0 Å². The molecule has 6 heteroatoms. The summed E-state index contributed by atoms with van der Waals surface area (Å²) in [4.78, 5) is 0. The Morgan fingerprint density at radius 3 is 1.83 bits per heavy atom. The molecule has 1 saturated heterocycles.